The molecular formula is C23H24OS. The normalized spacial score (nSPS) is 29.2. The largest absolute Gasteiger partial charge is 0.389 e. The molecule has 1 heterocycles. The molecule has 1 aliphatic heterocycles. The fourth-order valence-corrected chi connectivity index (χ4v) is 5.46. The summed E-state index contributed by atoms with van der Waals surface area (Å²) in [6.07, 6.45) is 2.87. The van der Waals surface area contributed by atoms with E-state index in [9.17, 15) is 5.11 Å². The van der Waals surface area contributed by atoms with Crippen molar-refractivity contribution in [2.45, 2.75) is 32.3 Å². The number of hydrogen-bond acceptors (Lipinski definition) is 2. The molecule has 2 aromatic rings. The van der Waals surface area contributed by atoms with E-state index in [0.29, 0.717) is 11.8 Å². The number of thioether (sulfide) groups is 1. The third kappa shape index (κ3) is 3.09. The highest BCUT2D eigenvalue weighted by atomic mass is 32.2. The van der Waals surface area contributed by atoms with E-state index >= 15 is 0 Å². The maximum atomic E-state index is 10.9. The van der Waals surface area contributed by atoms with Gasteiger partial charge in [0, 0.05) is 10.8 Å². The van der Waals surface area contributed by atoms with Crippen LogP contribution in [0.3, 0.4) is 0 Å². The Hall–Kier alpha value is -1.77. The molecule has 0 radical (unpaired) electrons. The van der Waals surface area contributed by atoms with Gasteiger partial charge in [0.1, 0.15) is 0 Å². The van der Waals surface area contributed by atoms with Crippen molar-refractivity contribution in [1.29, 1.82) is 0 Å². The van der Waals surface area contributed by atoms with Crippen molar-refractivity contribution in [3.05, 3.63) is 88.3 Å². The molecule has 0 bridgehead atoms. The summed E-state index contributed by atoms with van der Waals surface area (Å²) >= 11 is 1.86. The molecule has 25 heavy (non-hydrogen) atoms. The lowest BCUT2D eigenvalue weighted by atomic mass is 9.75. The Balaban J connectivity index is 1.85. The van der Waals surface area contributed by atoms with E-state index in [1.54, 1.807) is 0 Å². The third-order valence-corrected chi connectivity index (χ3v) is 7.01. The van der Waals surface area contributed by atoms with Crippen LogP contribution in [-0.2, 0) is 0 Å². The number of hydrogen-bond donors (Lipinski definition) is 1. The van der Waals surface area contributed by atoms with Crippen LogP contribution in [0.15, 0.2) is 77.2 Å². The second-order valence-electron chi connectivity index (χ2n) is 7.22. The molecule has 0 aromatic heterocycles. The standard InChI is InChI=1S/C23H24OS/c1-15-13-20(24)22-19(17-9-5-3-6-10-17)14-21(25-23(22)16(15)2)18-11-7-4-8-12-18/h3-12,14-16,19-20,24H,13H2,1-2H3. The number of aliphatic hydroxyl groups is 1. The topological polar surface area (TPSA) is 20.2 Å². The maximum absolute atomic E-state index is 10.9. The zero-order valence-corrected chi connectivity index (χ0v) is 15.5. The molecule has 128 valence electrons. The van der Waals surface area contributed by atoms with E-state index in [1.165, 1.54) is 26.5 Å². The average Bonchev–Trinajstić information content (AvgIpc) is 2.66. The van der Waals surface area contributed by atoms with Gasteiger partial charge in [-0.1, -0.05) is 92.3 Å². The second kappa shape index (κ2) is 6.86. The lowest BCUT2D eigenvalue weighted by Gasteiger charge is -2.40. The quantitative estimate of drug-likeness (QED) is 0.735. The van der Waals surface area contributed by atoms with E-state index in [4.69, 9.17) is 0 Å². The van der Waals surface area contributed by atoms with E-state index in [0.717, 1.165) is 6.42 Å². The first-order valence-corrected chi connectivity index (χ1v) is 9.89. The predicted molar refractivity (Wildman–Crippen MR) is 107 cm³/mol. The minimum absolute atomic E-state index is 0.164. The summed E-state index contributed by atoms with van der Waals surface area (Å²) < 4.78 is 0. The molecule has 1 aliphatic carbocycles. The molecule has 1 nitrogen and oxygen atoms in total. The fourth-order valence-electron chi connectivity index (χ4n) is 3.97. The molecule has 4 atom stereocenters. The van der Waals surface area contributed by atoms with E-state index < -0.39 is 0 Å². The second-order valence-corrected chi connectivity index (χ2v) is 8.31. The van der Waals surface area contributed by atoms with E-state index in [2.05, 4.69) is 80.6 Å². The van der Waals surface area contributed by atoms with Crippen molar-refractivity contribution in [2.24, 2.45) is 11.8 Å². The van der Waals surface area contributed by atoms with Crippen LogP contribution in [0, 0.1) is 11.8 Å². The van der Waals surface area contributed by atoms with Crippen LogP contribution in [0.1, 0.15) is 37.3 Å². The molecule has 0 amide bonds. The molecule has 2 aliphatic rings. The van der Waals surface area contributed by atoms with Crippen LogP contribution in [0.2, 0.25) is 0 Å². The van der Waals surface area contributed by atoms with Gasteiger partial charge in [-0.15, -0.1) is 0 Å². The molecule has 4 rings (SSSR count). The van der Waals surface area contributed by atoms with Gasteiger partial charge in [-0.3, -0.25) is 0 Å². The first-order chi connectivity index (χ1) is 12.1. The highest BCUT2D eigenvalue weighted by Gasteiger charge is 2.38. The molecule has 2 aromatic carbocycles. The van der Waals surface area contributed by atoms with Crippen molar-refractivity contribution in [3.63, 3.8) is 0 Å². The van der Waals surface area contributed by atoms with Gasteiger partial charge in [0.2, 0.25) is 0 Å². The molecule has 1 N–H and O–H groups in total. The van der Waals surface area contributed by atoms with Crippen LogP contribution < -0.4 is 0 Å². The lowest BCUT2D eigenvalue weighted by molar-refractivity contribution is 0.150. The van der Waals surface area contributed by atoms with Crippen LogP contribution in [0.25, 0.3) is 4.91 Å². The van der Waals surface area contributed by atoms with E-state index in [1.807, 2.05) is 11.8 Å². The van der Waals surface area contributed by atoms with E-state index in [-0.39, 0.29) is 12.0 Å². The highest BCUT2D eigenvalue weighted by molar-refractivity contribution is 8.11. The Kier molecular flexibility index (Phi) is 4.58. The number of allylic oxidation sites excluding steroid dienone is 2. The smallest absolute Gasteiger partial charge is 0.0772 e. The fraction of sp³-hybridized carbons (Fsp3) is 0.304. The molecule has 0 fully saturated rings. The SMILES string of the molecule is CC1CC(O)C2=C(SC(c3ccccc3)=CC2c2ccccc2)C1C. The summed E-state index contributed by atoms with van der Waals surface area (Å²) in [6.45, 7) is 4.57. The molecule has 0 spiro atoms. The number of rotatable bonds is 2. The minimum Gasteiger partial charge on any atom is -0.389 e. The van der Waals surface area contributed by atoms with Crippen molar-refractivity contribution >= 4 is 16.7 Å². The first kappa shape index (κ1) is 16.7. The Morgan fingerprint density at radius 3 is 2.24 bits per heavy atom. The lowest BCUT2D eigenvalue weighted by Crippen LogP contribution is -2.31. The minimum atomic E-state index is -0.340. The van der Waals surface area contributed by atoms with Crippen molar-refractivity contribution in [2.75, 3.05) is 0 Å². The molecular weight excluding hydrogens is 324 g/mol. The predicted octanol–water partition coefficient (Wildman–Crippen LogP) is 5.85. The molecule has 0 saturated carbocycles. The summed E-state index contributed by atoms with van der Waals surface area (Å²) in [6, 6.07) is 21.2. The van der Waals surface area contributed by atoms with Gasteiger partial charge >= 0.3 is 0 Å². The zero-order valence-electron chi connectivity index (χ0n) is 14.7. The Morgan fingerprint density at radius 2 is 1.56 bits per heavy atom. The van der Waals surface area contributed by atoms with Crippen LogP contribution >= 0.6 is 11.8 Å². The number of aliphatic hydroxyl groups excluding tert-OH is 1. The summed E-state index contributed by atoms with van der Waals surface area (Å²) in [7, 11) is 0. The Labute approximate surface area is 154 Å². The van der Waals surface area contributed by atoms with Gasteiger partial charge in [0.15, 0.2) is 0 Å². The van der Waals surface area contributed by atoms with Crippen LogP contribution in [0.4, 0.5) is 0 Å². The van der Waals surface area contributed by atoms with Crippen molar-refractivity contribution < 1.29 is 5.11 Å². The first-order valence-electron chi connectivity index (χ1n) is 9.07. The number of benzene rings is 2. The van der Waals surface area contributed by atoms with Crippen LogP contribution in [-0.4, -0.2) is 11.2 Å². The monoisotopic (exact) mass is 348 g/mol. The van der Waals surface area contributed by atoms with Gasteiger partial charge in [0.25, 0.3) is 0 Å². The Bertz CT molecular complexity index is 807. The molecule has 2 heteroatoms. The van der Waals surface area contributed by atoms with Gasteiger partial charge in [0.05, 0.1) is 6.10 Å². The molecule has 0 saturated heterocycles. The van der Waals surface area contributed by atoms with Crippen molar-refractivity contribution in [3.8, 4) is 0 Å². The van der Waals surface area contributed by atoms with Crippen LogP contribution in [0.5, 0.6) is 0 Å². The average molecular weight is 349 g/mol. The van der Waals surface area contributed by atoms with Gasteiger partial charge in [-0.05, 0) is 39.9 Å². The highest BCUT2D eigenvalue weighted by Crippen LogP contribution is 2.54. The summed E-state index contributed by atoms with van der Waals surface area (Å²) in [4.78, 5) is 2.68. The molecule has 4 unspecified atom stereocenters. The summed E-state index contributed by atoms with van der Waals surface area (Å²) in [5.74, 6) is 1.16. The Morgan fingerprint density at radius 1 is 0.920 bits per heavy atom. The van der Waals surface area contributed by atoms with Gasteiger partial charge in [-0.2, -0.15) is 0 Å². The summed E-state index contributed by atoms with van der Waals surface area (Å²) in [5, 5.41) is 10.9. The van der Waals surface area contributed by atoms with Crippen molar-refractivity contribution in [1.82, 2.24) is 0 Å². The third-order valence-electron chi connectivity index (χ3n) is 5.60. The van der Waals surface area contributed by atoms with Gasteiger partial charge in [-0.25, -0.2) is 0 Å². The zero-order chi connectivity index (χ0) is 17.4. The maximum Gasteiger partial charge on any atom is 0.0772 e. The summed E-state index contributed by atoms with van der Waals surface area (Å²) in [5.41, 5.74) is 3.76. The van der Waals surface area contributed by atoms with Gasteiger partial charge < -0.3 is 5.11 Å².